The highest BCUT2D eigenvalue weighted by atomic mass is 16.3. The maximum atomic E-state index is 12.0. The lowest BCUT2D eigenvalue weighted by atomic mass is 10.0. The van der Waals surface area contributed by atoms with Crippen LogP contribution in [0.5, 0.6) is 5.75 Å². The minimum atomic E-state index is -0.607. The second kappa shape index (κ2) is 7.73. The van der Waals surface area contributed by atoms with Crippen molar-refractivity contribution >= 4 is 5.78 Å². The molecule has 0 saturated heterocycles. The highest BCUT2D eigenvalue weighted by molar-refractivity contribution is 5.96. The Morgan fingerprint density at radius 3 is 2.36 bits per heavy atom. The summed E-state index contributed by atoms with van der Waals surface area (Å²) in [7, 11) is 0. The van der Waals surface area contributed by atoms with E-state index in [2.05, 4.69) is 5.32 Å². The molecule has 4 nitrogen and oxygen atoms in total. The molecule has 0 heterocycles. The summed E-state index contributed by atoms with van der Waals surface area (Å²) in [5.74, 6) is 0.156. The Morgan fingerprint density at radius 1 is 1.09 bits per heavy atom. The molecule has 2 aromatic carbocycles. The van der Waals surface area contributed by atoms with E-state index in [1.165, 1.54) is 12.1 Å². The van der Waals surface area contributed by atoms with Gasteiger partial charge in [-0.1, -0.05) is 30.3 Å². The van der Waals surface area contributed by atoms with E-state index in [-0.39, 0.29) is 17.6 Å². The van der Waals surface area contributed by atoms with Crippen LogP contribution in [-0.2, 0) is 0 Å². The van der Waals surface area contributed by atoms with Gasteiger partial charge in [0.05, 0.1) is 6.10 Å². The average Bonchev–Trinajstić information content (AvgIpc) is 2.55. The van der Waals surface area contributed by atoms with Crippen molar-refractivity contribution in [2.24, 2.45) is 0 Å². The van der Waals surface area contributed by atoms with Gasteiger partial charge in [-0.25, -0.2) is 0 Å². The number of phenols is 1. The molecule has 3 N–H and O–H groups in total. The van der Waals surface area contributed by atoms with Crippen molar-refractivity contribution in [3.05, 3.63) is 65.7 Å². The number of aromatic hydroxyl groups is 1. The third-order valence-corrected chi connectivity index (χ3v) is 3.62. The molecule has 4 heteroatoms. The van der Waals surface area contributed by atoms with E-state index in [0.717, 1.165) is 5.56 Å². The Balaban J connectivity index is 1.80. The first-order chi connectivity index (χ1) is 10.6. The maximum Gasteiger partial charge on any atom is 0.164 e. The zero-order valence-electron chi connectivity index (χ0n) is 12.6. The van der Waals surface area contributed by atoms with Gasteiger partial charge in [-0.15, -0.1) is 0 Å². The lowest BCUT2D eigenvalue weighted by Gasteiger charge is -2.20. The van der Waals surface area contributed by atoms with Gasteiger partial charge in [0.1, 0.15) is 5.75 Å². The largest absolute Gasteiger partial charge is 0.508 e. The first kappa shape index (κ1) is 16.2. The molecule has 0 bridgehead atoms. The number of hydrogen-bond acceptors (Lipinski definition) is 4. The standard InChI is InChI=1S/C18H21NO3/c1-13(18(22)15-5-3-2-4-6-15)19-12-11-17(21)14-7-9-16(20)10-8-14/h2-10,13,18-20,22H,11-12H2,1H3. The first-order valence-electron chi connectivity index (χ1n) is 7.36. The van der Waals surface area contributed by atoms with E-state index >= 15 is 0 Å². The van der Waals surface area contributed by atoms with Crippen molar-refractivity contribution in [3.8, 4) is 5.75 Å². The molecule has 2 aromatic rings. The van der Waals surface area contributed by atoms with Crippen molar-refractivity contribution < 1.29 is 15.0 Å². The zero-order chi connectivity index (χ0) is 15.9. The number of carbonyl (C=O) groups excluding carboxylic acids is 1. The molecule has 0 aromatic heterocycles. The van der Waals surface area contributed by atoms with Crippen LogP contribution < -0.4 is 5.32 Å². The van der Waals surface area contributed by atoms with Crippen LogP contribution in [0.25, 0.3) is 0 Å². The van der Waals surface area contributed by atoms with Crippen LogP contribution in [0.2, 0.25) is 0 Å². The summed E-state index contributed by atoms with van der Waals surface area (Å²) in [6.07, 6.45) is -0.263. The average molecular weight is 299 g/mol. The zero-order valence-corrected chi connectivity index (χ0v) is 12.6. The van der Waals surface area contributed by atoms with E-state index in [0.29, 0.717) is 18.5 Å². The highest BCUT2D eigenvalue weighted by Crippen LogP contribution is 2.16. The van der Waals surface area contributed by atoms with Crippen LogP contribution in [0, 0.1) is 0 Å². The van der Waals surface area contributed by atoms with Crippen LogP contribution in [0.1, 0.15) is 35.4 Å². The molecule has 22 heavy (non-hydrogen) atoms. The van der Waals surface area contributed by atoms with Crippen LogP contribution in [0.3, 0.4) is 0 Å². The number of carbonyl (C=O) groups is 1. The maximum absolute atomic E-state index is 12.0. The predicted octanol–water partition coefficient (Wildman–Crippen LogP) is 2.68. The topological polar surface area (TPSA) is 69.6 Å². The third-order valence-electron chi connectivity index (χ3n) is 3.62. The van der Waals surface area contributed by atoms with Crippen LogP contribution in [0.4, 0.5) is 0 Å². The van der Waals surface area contributed by atoms with E-state index in [1.54, 1.807) is 12.1 Å². The number of aliphatic hydroxyl groups excluding tert-OH is 1. The van der Waals surface area contributed by atoms with Crippen LogP contribution >= 0.6 is 0 Å². The van der Waals surface area contributed by atoms with Gasteiger partial charge in [0.15, 0.2) is 5.78 Å². The van der Waals surface area contributed by atoms with E-state index in [1.807, 2.05) is 37.3 Å². The molecular formula is C18H21NO3. The summed E-state index contributed by atoms with van der Waals surface area (Å²) in [6, 6.07) is 15.5. The van der Waals surface area contributed by atoms with E-state index in [9.17, 15) is 15.0 Å². The molecule has 0 aliphatic carbocycles. The monoisotopic (exact) mass is 299 g/mol. The minimum Gasteiger partial charge on any atom is -0.508 e. The fourth-order valence-electron chi connectivity index (χ4n) is 2.26. The molecule has 0 spiro atoms. The van der Waals surface area contributed by atoms with Gasteiger partial charge >= 0.3 is 0 Å². The Kier molecular flexibility index (Phi) is 5.69. The summed E-state index contributed by atoms with van der Waals surface area (Å²) < 4.78 is 0. The fourth-order valence-corrected chi connectivity index (χ4v) is 2.26. The lowest BCUT2D eigenvalue weighted by Crippen LogP contribution is -2.33. The van der Waals surface area contributed by atoms with Crippen molar-refractivity contribution in [3.63, 3.8) is 0 Å². The SMILES string of the molecule is CC(NCCC(=O)c1ccc(O)cc1)C(O)c1ccccc1. The van der Waals surface area contributed by atoms with Crippen molar-refractivity contribution in [2.75, 3.05) is 6.54 Å². The van der Waals surface area contributed by atoms with Gasteiger partial charge < -0.3 is 15.5 Å². The van der Waals surface area contributed by atoms with Gasteiger partial charge in [-0.3, -0.25) is 4.79 Å². The minimum absolute atomic E-state index is 0.00824. The van der Waals surface area contributed by atoms with Crippen LogP contribution in [0.15, 0.2) is 54.6 Å². The highest BCUT2D eigenvalue weighted by Gasteiger charge is 2.15. The number of ketones is 1. The molecule has 0 aliphatic heterocycles. The second-order valence-corrected chi connectivity index (χ2v) is 5.32. The smallest absolute Gasteiger partial charge is 0.164 e. The number of nitrogens with one attached hydrogen (secondary N) is 1. The Bertz CT molecular complexity index is 595. The third kappa shape index (κ3) is 4.41. The summed E-state index contributed by atoms with van der Waals surface area (Å²) >= 11 is 0. The molecule has 0 saturated carbocycles. The van der Waals surface area contributed by atoms with Gasteiger partial charge in [-0.2, -0.15) is 0 Å². The second-order valence-electron chi connectivity index (χ2n) is 5.32. The predicted molar refractivity (Wildman–Crippen MR) is 85.9 cm³/mol. The number of phenolic OH excluding ortho intramolecular Hbond substituents is 1. The Labute approximate surface area is 130 Å². The van der Waals surface area contributed by atoms with E-state index in [4.69, 9.17) is 0 Å². The quantitative estimate of drug-likeness (QED) is 0.688. The van der Waals surface area contributed by atoms with Crippen molar-refractivity contribution in [1.82, 2.24) is 5.32 Å². The number of hydrogen-bond donors (Lipinski definition) is 3. The summed E-state index contributed by atoms with van der Waals surface area (Å²) in [5, 5.41) is 22.6. The Morgan fingerprint density at radius 2 is 1.73 bits per heavy atom. The fraction of sp³-hybridized carbons (Fsp3) is 0.278. The molecule has 2 rings (SSSR count). The van der Waals surface area contributed by atoms with Gasteiger partial charge in [-0.05, 0) is 36.8 Å². The number of Topliss-reactive ketones (excluding diaryl/α,β-unsaturated/α-hetero) is 1. The van der Waals surface area contributed by atoms with E-state index < -0.39 is 6.10 Å². The molecular weight excluding hydrogens is 278 g/mol. The van der Waals surface area contributed by atoms with Gasteiger partial charge in [0.2, 0.25) is 0 Å². The molecule has 2 unspecified atom stereocenters. The van der Waals surface area contributed by atoms with Gasteiger partial charge in [0, 0.05) is 24.6 Å². The summed E-state index contributed by atoms with van der Waals surface area (Å²) in [4.78, 5) is 12.0. The van der Waals surface area contributed by atoms with Gasteiger partial charge in [0.25, 0.3) is 0 Å². The number of rotatable bonds is 7. The molecule has 0 amide bonds. The Hall–Kier alpha value is -2.17. The summed E-state index contributed by atoms with van der Waals surface area (Å²) in [6.45, 7) is 2.38. The summed E-state index contributed by atoms with van der Waals surface area (Å²) in [5.41, 5.74) is 1.43. The molecule has 0 aliphatic rings. The lowest BCUT2D eigenvalue weighted by molar-refractivity contribution is 0.0972. The van der Waals surface area contributed by atoms with Crippen molar-refractivity contribution in [1.29, 1.82) is 0 Å². The van der Waals surface area contributed by atoms with Crippen molar-refractivity contribution in [2.45, 2.75) is 25.5 Å². The molecule has 0 radical (unpaired) electrons. The molecule has 116 valence electrons. The molecule has 2 atom stereocenters. The first-order valence-corrected chi connectivity index (χ1v) is 7.36. The normalized spacial score (nSPS) is 13.5. The van der Waals surface area contributed by atoms with Crippen LogP contribution in [-0.4, -0.2) is 28.6 Å². The molecule has 0 fully saturated rings. The number of aliphatic hydroxyl groups is 1. The number of benzene rings is 2.